The van der Waals surface area contributed by atoms with Gasteiger partial charge in [0.05, 0.1) is 68.8 Å². The lowest BCUT2D eigenvalue weighted by atomic mass is 10.1. The number of nitrogens with one attached hydrogen (secondary N) is 1. The number of hydrogen-bond donors (Lipinski definition) is 7. The Morgan fingerprint density at radius 3 is 1.18 bits per heavy atom. The molecule has 71 heavy (non-hydrogen) atoms. The Morgan fingerprint density at radius 2 is 0.803 bits per heavy atom. The summed E-state index contributed by atoms with van der Waals surface area (Å²) in [5.74, 6) is -3.13. The van der Waals surface area contributed by atoms with Crippen molar-refractivity contribution >= 4 is 126 Å². The van der Waals surface area contributed by atoms with Gasteiger partial charge < -0.3 is 11.1 Å². The van der Waals surface area contributed by atoms with Crippen LogP contribution in [0.4, 0.5) is 45.5 Å². The summed E-state index contributed by atoms with van der Waals surface area (Å²) in [4.78, 5) is -4.37. The van der Waals surface area contributed by atoms with E-state index in [0.29, 0.717) is 12.1 Å². The molecule has 0 radical (unpaired) electrons. The van der Waals surface area contributed by atoms with Crippen LogP contribution >= 0.6 is 0 Å². The van der Waals surface area contributed by atoms with E-state index in [4.69, 9.17) is 19.4 Å². The van der Waals surface area contributed by atoms with Crippen molar-refractivity contribution in [1.82, 2.24) is 0 Å². The Morgan fingerprint density at radius 1 is 0.451 bits per heavy atom. The van der Waals surface area contributed by atoms with Crippen LogP contribution in [0.15, 0.2) is 122 Å². The second kappa shape index (κ2) is 22.1. The van der Waals surface area contributed by atoms with Crippen molar-refractivity contribution in [3.63, 3.8) is 0 Å². The van der Waals surface area contributed by atoms with E-state index in [0.717, 1.165) is 54.6 Å². The molecule has 32 nitrogen and oxygen atoms in total. The van der Waals surface area contributed by atoms with Gasteiger partial charge in [-0.15, -0.1) is 25.6 Å². The van der Waals surface area contributed by atoms with Crippen LogP contribution in [0.2, 0.25) is 0 Å². The van der Waals surface area contributed by atoms with Gasteiger partial charge in [-0.05, 0) is 66.7 Å². The van der Waals surface area contributed by atoms with E-state index in [9.17, 15) is 76.4 Å². The molecule has 0 heterocycles. The average Bonchev–Trinajstić information content (AvgIpc) is 3.22. The Bertz CT molecular complexity index is 3740. The monoisotopic (exact) mass is 1160 g/mol. The number of rotatable bonds is 24. The Labute approximate surface area is 403 Å². The van der Waals surface area contributed by atoms with Gasteiger partial charge in [0.2, 0.25) is 0 Å². The van der Waals surface area contributed by atoms with Crippen molar-refractivity contribution in [2.24, 2.45) is 30.7 Å². The molecule has 4 aromatic carbocycles. The highest BCUT2D eigenvalue weighted by molar-refractivity contribution is 7.92. The van der Waals surface area contributed by atoms with E-state index >= 15 is 0 Å². The number of benzene rings is 4. The molecule has 0 aliphatic heterocycles. The highest BCUT2D eigenvalue weighted by atomic mass is 32.3. The number of nitrogen functional groups attached to an aromatic ring is 1. The average molecular weight is 1160 g/mol. The van der Waals surface area contributed by atoms with E-state index in [1.807, 2.05) is 0 Å². The number of nitrogens with zero attached hydrogens (tertiary/aromatic N) is 6. The van der Waals surface area contributed by atoms with Gasteiger partial charge in [-0.25, -0.2) is 37.8 Å². The largest absolute Gasteiger partial charge is 0.397 e. The zero-order valence-electron chi connectivity index (χ0n) is 35.1. The lowest BCUT2D eigenvalue weighted by Crippen LogP contribution is -2.16. The molecule has 390 valence electrons. The fraction of sp³-hybridized carbons (Fsp3) is 0.226. The van der Waals surface area contributed by atoms with Crippen LogP contribution < -0.4 is 11.1 Å². The van der Waals surface area contributed by atoms with Crippen LogP contribution in [0.25, 0.3) is 0 Å². The lowest BCUT2D eigenvalue weighted by Gasteiger charge is -2.13. The summed E-state index contributed by atoms with van der Waals surface area (Å²) >= 11 is 0. The third-order valence-corrected chi connectivity index (χ3v) is 16.6. The molecule has 0 saturated carbocycles. The van der Waals surface area contributed by atoms with E-state index in [2.05, 4.69) is 48.6 Å². The minimum atomic E-state index is -5.37. The molecule has 0 unspecified atom stereocenters. The number of sulfone groups is 3. The molecule has 0 aliphatic carbocycles. The van der Waals surface area contributed by atoms with Gasteiger partial charge in [0.1, 0.15) is 38.2 Å². The first-order chi connectivity index (χ1) is 32.4. The molecule has 0 bridgehead atoms. The van der Waals surface area contributed by atoms with Crippen LogP contribution in [0, 0.1) is 0 Å². The first-order valence-electron chi connectivity index (χ1n) is 18.2. The fourth-order valence-corrected chi connectivity index (χ4v) is 11.2. The zero-order valence-corrected chi connectivity index (χ0v) is 41.6. The first kappa shape index (κ1) is 58.1. The predicted molar refractivity (Wildman–Crippen MR) is 241 cm³/mol. The molecule has 4 aromatic rings. The molecule has 40 heteroatoms. The van der Waals surface area contributed by atoms with Crippen molar-refractivity contribution in [2.45, 2.75) is 24.5 Å². The quantitative estimate of drug-likeness (QED) is 0.0301. The smallest absolute Gasteiger partial charge is 0.395 e. The van der Waals surface area contributed by atoms with Crippen LogP contribution in [0.1, 0.15) is 0 Å². The molecule has 0 aliphatic rings. The van der Waals surface area contributed by atoms with Crippen molar-refractivity contribution in [2.75, 3.05) is 55.2 Å². The second-order valence-corrected chi connectivity index (χ2v) is 25.7. The molecule has 0 aromatic heterocycles. The van der Waals surface area contributed by atoms with Crippen molar-refractivity contribution < 1.29 is 103 Å². The zero-order chi connectivity index (χ0) is 53.6. The van der Waals surface area contributed by atoms with Crippen LogP contribution in [0.5, 0.6) is 0 Å². The van der Waals surface area contributed by atoms with Gasteiger partial charge in [0, 0.05) is 7.05 Å². The maximum atomic E-state index is 12.8. The molecule has 4 rings (SSSR count). The number of hydrogen-bond acceptors (Lipinski definition) is 27. The Kier molecular flexibility index (Phi) is 18.1. The van der Waals surface area contributed by atoms with Crippen molar-refractivity contribution in [1.29, 1.82) is 0 Å². The van der Waals surface area contributed by atoms with E-state index in [1.165, 1.54) is 7.05 Å². The second-order valence-electron chi connectivity index (χ2n) is 13.3. The van der Waals surface area contributed by atoms with Gasteiger partial charge in [0.25, 0.3) is 20.2 Å². The maximum absolute atomic E-state index is 12.8. The fourth-order valence-electron chi connectivity index (χ4n) is 5.27. The third-order valence-electron chi connectivity index (χ3n) is 8.43. The highest BCUT2D eigenvalue weighted by Gasteiger charge is 2.26. The minimum Gasteiger partial charge on any atom is -0.395 e. The topological polar surface area (TPSA) is 514 Å². The van der Waals surface area contributed by atoms with Crippen LogP contribution in [0.3, 0.4) is 0 Å². The number of anilines is 2. The van der Waals surface area contributed by atoms with Crippen molar-refractivity contribution in [3.05, 3.63) is 66.7 Å². The minimum absolute atomic E-state index is 0.0712. The summed E-state index contributed by atoms with van der Waals surface area (Å²) in [7, 11) is -37.9. The van der Waals surface area contributed by atoms with Gasteiger partial charge >= 0.3 is 31.2 Å². The van der Waals surface area contributed by atoms with Crippen LogP contribution in [-0.2, 0) is 93.5 Å². The highest BCUT2D eigenvalue weighted by Crippen LogP contribution is 2.47. The van der Waals surface area contributed by atoms with E-state index in [1.54, 1.807) is 0 Å². The third kappa shape index (κ3) is 17.1. The molecule has 0 amide bonds. The molecular formula is C31H34N8O24S8. The summed E-state index contributed by atoms with van der Waals surface area (Å²) in [6.45, 7) is -3.16. The van der Waals surface area contributed by atoms with Crippen molar-refractivity contribution in [3.8, 4) is 0 Å². The summed E-state index contributed by atoms with van der Waals surface area (Å²) in [6.07, 6.45) is 0. The summed E-state index contributed by atoms with van der Waals surface area (Å²) in [6, 6.07) is 9.16. The lowest BCUT2D eigenvalue weighted by molar-refractivity contribution is 0.282. The van der Waals surface area contributed by atoms with Crippen LogP contribution in [-0.4, -0.2) is 134 Å². The SMILES string of the molecule is CNc1c(/N=N/c2ccc(S(=O)(=O)CCOS(=O)(=O)O)cc2)cc(/N=N/c2ccc(S(=O)(=O)CCOS(=O)(=O)O)cc2S(=O)(=O)O)c(N)c1/N=N/c1ccc(S(=O)(=O)CCOS(=O)(=O)O)cc1S(=O)(=O)O. The van der Waals surface area contributed by atoms with Gasteiger partial charge in [-0.3, -0.25) is 22.8 Å². The molecule has 0 atom stereocenters. The molecule has 0 saturated heterocycles. The molecule has 0 spiro atoms. The molecule has 8 N–H and O–H groups in total. The van der Waals surface area contributed by atoms with E-state index < -0.39 is 166 Å². The van der Waals surface area contributed by atoms with Gasteiger partial charge in [0.15, 0.2) is 29.5 Å². The molecule has 0 fully saturated rings. The summed E-state index contributed by atoms with van der Waals surface area (Å²) < 4.78 is 250. The molecular weight excluding hydrogens is 1120 g/mol. The Hall–Kier alpha value is -5.44. The standard InChI is InChI=1S/C31H34N8O24S8/c1-33-30-26(38-34-19-2-4-20(5-3-19)64(40,41)13-10-61-69(52,53)54)18-25(37-35-23-8-6-21(16-27(23)67(46,47)48)65(42,43)14-11-62-70(55,56)57)29(32)31(30)39-36-24-9-7-22(17-28(24)68(49,50)51)66(44,45)15-12-63-71(58,59)60/h2-9,16-18,33H,10-15,32H2,1H3,(H,46,47,48)(H,49,50,51)(H,52,53,54)(H,55,56,57)(H,58,59,60)/b37-35+,38-34+,39-36+. The summed E-state index contributed by atoms with van der Waals surface area (Å²) in [5, 5.41) is 26.1. The van der Waals surface area contributed by atoms with Gasteiger partial charge in [-0.2, -0.15) is 47.2 Å². The maximum Gasteiger partial charge on any atom is 0.397 e. The van der Waals surface area contributed by atoms with Gasteiger partial charge in [-0.1, -0.05) is 0 Å². The first-order valence-corrected chi connectivity index (χ1v) is 30.1. The normalized spacial score (nSPS) is 13.7. The summed E-state index contributed by atoms with van der Waals surface area (Å²) in [5.41, 5.74) is 2.59. The van der Waals surface area contributed by atoms with E-state index in [-0.39, 0.29) is 22.0 Å². The predicted octanol–water partition coefficient (Wildman–Crippen LogP) is 2.83. The number of nitrogens with two attached hydrogens (primary N) is 1. The Balaban J connectivity index is 1.89. The number of azo groups is 3.